The molecule has 2 unspecified atom stereocenters. The highest BCUT2D eigenvalue weighted by Crippen LogP contribution is 2.30. The quantitative estimate of drug-likeness (QED) is 0.680. The summed E-state index contributed by atoms with van der Waals surface area (Å²) in [5.41, 5.74) is 0. The van der Waals surface area contributed by atoms with Gasteiger partial charge in [0.25, 0.3) is 0 Å². The minimum atomic E-state index is 0.922. The molecule has 16 heavy (non-hydrogen) atoms. The molecular formula is C14H32N2. The average molecular weight is 228 g/mol. The third-order valence-corrected chi connectivity index (χ3v) is 3.56. The van der Waals surface area contributed by atoms with Crippen LogP contribution in [0.25, 0.3) is 0 Å². The van der Waals surface area contributed by atoms with Gasteiger partial charge in [-0.15, -0.1) is 0 Å². The molecular weight excluding hydrogens is 196 g/mol. The highest BCUT2D eigenvalue weighted by atomic mass is 15.2. The molecule has 2 heterocycles. The fourth-order valence-corrected chi connectivity index (χ4v) is 2.86. The van der Waals surface area contributed by atoms with E-state index < -0.39 is 0 Å². The number of hydrogen-bond acceptors (Lipinski definition) is 2. The molecule has 0 spiro atoms. The van der Waals surface area contributed by atoms with Crippen LogP contribution in [0.15, 0.2) is 0 Å². The molecule has 0 amide bonds. The number of rotatable bonds is 1. The first-order valence-electron chi connectivity index (χ1n) is 7.24. The van der Waals surface area contributed by atoms with Crippen LogP contribution in [0.4, 0.5) is 0 Å². The van der Waals surface area contributed by atoms with Crippen molar-refractivity contribution >= 4 is 0 Å². The van der Waals surface area contributed by atoms with Gasteiger partial charge in [-0.1, -0.05) is 34.6 Å². The SMILES string of the molecule is CC.CC.CCN1CCC2CN(C)CCC21. The van der Waals surface area contributed by atoms with Crippen LogP contribution in [0.3, 0.4) is 0 Å². The zero-order valence-electron chi connectivity index (χ0n) is 12.3. The Bertz CT molecular complexity index is 159. The molecule has 0 bridgehead atoms. The fourth-order valence-electron chi connectivity index (χ4n) is 2.86. The number of nitrogens with zero attached hydrogens (tertiary/aromatic N) is 2. The monoisotopic (exact) mass is 228 g/mol. The Morgan fingerprint density at radius 1 is 1.00 bits per heavy atom. The third kappa shape index (κ3) is 4.06. The van der Waals surface area contributed by atoms with Gasteiger partial charge < -0.3 is 9.80 Å². The van der Waals surface area contributed by atoms with Crippen molar-refractivity contribution in [2.45, 2.75) is 53.5 Å². The highest BCUT2D eigenvalue weighted by molar-refractivity contribution is 4.91. The second-order valence-electron chi connectivity index (χ2n) is 4.30. The fraction of sp³-hybridized carbons (Fsp3) is 1.00. The van der Waals surface area contributed by atoms with Gasteiger partial charge >= 0.3 is 0 Å². The predicted octanol–water partition coefficient (Wildman–Crippen LogP) is 3.08. The van der Waals surface area contributed by atoms with E-state index in [1.807, 2.05) is 27.7 Å². The molecule has 2 heteroatoms. The Labute approximate surface area is 103 Å². The number of piperidine rings is 1. The molecule has 2 aliphatic rings. The van der Waals surface area contributed by atoms with E-state index in [2.05, 4.69) is 23.8 Å². The second kappa shape index (κ2) is 9.00. The lowest BCUT2D eigenvalue weighted by atomic mass is 9.93. The Morgan fingerprint density at radius 2 is 1.62 bits per heavy atom. The maximum absolute atomic E-state index is 2.66. The van der Waals surface area contributed by atoms with E-state index in [9.17, 15) is 0 Å². The Hall–Kier alpha value is -0.0800. The molecule has 0 aromatic carbocycles. The molecule has 2 nitrogen and oxygen atoms in total. The molecule has 2 aliphatic heterocycles. The van der Waals surface area contributed by atoms with Gasteiger partial charge in [0, 0.05) is 12.6 Å². The molecule has 2 fully saturated rings. The van der Waals surface area contributed by atoms with Gasteiger partial charge in [0.05, 0.1) is 0 Å². The lowest BCUT2D eigenvalue weighted by Gasteiger charge is -2.35. The molecule has 2 rings (SSSR count). The lowest BCUT2D eigenvalue weighted by Crippen LogP contribution is -2.44. The van der Waals surface area contributed by atoms with E-state index in [4.69, 9.17) is 0 Å². The van der Waals surface area contributed by atoms with E-state index in [1.54, 1.807) is 0 Å². The van der Waals surface area contributed by atoms with Crippen LogP contribution in [-0.2, 0) is 0 Å². The van der Waals surface area contributed by atoms with Crippen LogP contribution in [0, 0.1) is 5.92 Å². The zero-order chi connectivity index (χ0) is 12.6. The first-order chi connectivity index (χ1) is 7.81. The molecule has 0 saturated carbocycles. The van der Waals surface area contributed by atoms with Gasteiger partial charge in [-0.25, -0.2) is 0 Å². The van der Waals surface area contributed by atoms with Crippen molar-refractivity contribution in [3.8, 4) is 0 Å². The number of hydrogen-bond donors (Lipinski definition) is 0. The lowest BCUT2D eigenvalue weighted by molar-refractivity contribution is 0.133. The summed E-state index contributed by atoms with van der Waals surface area (Å²) in [6.07, 6.45) is 2.83. The molecule has 0 aliphatic carbocycles. The van der Waals surface area contributed by atoms with Crippen molar-refractivity contribution in [1.29, 1.82) is 0 Å². The van der Waals surface area contributed by atoms with Gasteiger partial charge in [0.15, 0.2) is 0 Å². The summed E-state index contributed by atoms with van der Waals surface area (Å²) in [5.74, 6) is 0.976. The summed E-state index contributed by atoms with van der Waals surface area (Å²) in [5, 5.41) is 0. The van der Waals surface area contributed by atoms with Crippen molar-refractivity contribution in [2.75, 3.05) is 33.2 Å². The molecule has 0 radical (unpaired) electrons. The smallest absolute Gasteiger partial charge is 0.0148 e. The minimum Gasteiger partial charge on any atom is -0.306 e. The van der Waals surface area contributed by atoms with Gasteiger partial charge in [-0.3, -0.25) is 0 Å². The molecule has 0 aromatic heterocycles. The van der Waals surface area contributed by atoms with Gasteiger partial charge in [-0.05, 0) is 45.4 Å². The minimum absolute atomic E-state index is 0.922. The van der Waals surface area contributed by atoms with Gasteiger partial charge in [0.2, 0.25) is 0 Å². The first kappa shape index (κ1) is 15.9. The summed E-state index contributed by atoms with van der Waals surface area (Å²) >= 11 is 0. The van der Waals surface area contributed by atoms with Gasteiger partial charge in [-0.2, -0.15) is 0 Å². The number of fused-ring (bicyclic) bond motifs is 1. The van der Waals surface area contributed by atoms with E-state index in [-0.39, 0.29) is 0 Å². The van der Waals surface area contributed by atoms with Crippen molar-refractivity contribution in [2.24, 2.45) is 5.92 Å². The summed E-state index contributed by atoms with van der Waals surface area (Å²) in [7, 11) is 2.25. The molecule has 98 valence electrons. The normalized spacial score (nSPS) is 29.6. The number of likely N-dealkylation sites (tertiary alicyclic amines) is 2. The topological polar surface area (TPSA) is 6.48 Å². The Morgan fingerprint density at radius 3 is 2.19 bits per heavy atom. The highest BCUT2D eigenvalue weighted by Gasteiger charge is 2.36. The maximum atomic E-state index is 2.66. The van der Waals surface area contributed by atoms with Crippen molar-refractivity contribution in [3.05, 3.63) is 0 Å². The van der Waals surface area contributed by atoms with E-state index in [1.165, 1.54) is 39.0 Å². The van der Waals surface area contributed by atoms with Crippen molar-refractivity contribution < 1.29 is 0 Å². The van der Waals surface area contributed by atoms with Crippen LogP contribution in [0.5, 0.6) is 0 Å². The molecule has 0 aromatic rings. The zero-order valence-corrected chi connectivity index (χ0v) is 12.3. The van der Waals surface area contributed by atoms with Crippen LogP contribution < -0.4 is 0 Å². The summed E-state index contributed by atoms with van der Waals surface area (Å²) in [6.45, 7) is 15.5. The van der Waals surface area contributed by atoms with Crippen LogP contribution >= 0.6 is 0 Å². The third-order valence-electron chi connectivity index (χ3n) is 3.56. The standard InChI is InChI=1S/C10H20N2.2C2H6/c1-3-12-7-4-9-8-11(2)6-5-10(9)12;2*1-2/h9-10H,3-8H2,1-2H3;2*1-2H3. The van der Waals surface area contributed by atoms with E-state index >= 15 is 0 Å². The average Bonchev–Trinajstić information content (AvgIpc) is 2.76. The predicted molar refractivity (Wildman–Crippen MR) is 74.0 cm³/mol. The van der Waals surface area contributed by atoms with E-state index in [0.29, 0.717) is 0 Å². The first-order valence-corrected chi connectivity index (χ1v) is 7.24. The molecule has 2 atom stereocenters. The molecule has 2 saturated heterocycles. The van der Waals surface area contributed by atoms with Crippen LogP contribution in [-0.4, -0.2) is 49.1 Å². The van der Waals surface area contributed by atoms with E-state index in [0.717, 1.165) is 12.0 Å². The summed E-state index contributed by atoms with van der Waals surface area (Å²) in [6, 6.07) is 0.922. The molecule has 0 N–H and O–H groups in total. The maximum Gasteiger partial charge on any atom is 0.0148 e. The Balaban J connectivity index is 0.000000509. The van der Waals surface area contributed by atoms with Crippen LogP contribution in [0.1, 0.15) is 47.5 Å². The van der Waals surface area contributed by atoms with Crippen molar-refractivity contribution in [1.82, 2.24) is 9.80 Å². The van der Waals surface area contributed by atoms with Gasteiger partial charge in [0.1, 0.15) is 0 Å². The van der Waals surface area contributed by atoms with Crippen molar-refractivity contribution in [3.63, 3.8) is 0 Å². The Kier molecular flexibility index (Phi) is 8.96. The van der Waals surface area contributed by atoms with Crippen LogP contribution in [0.2, 0.25) is 0 Å². The largest absolute Gasteiger partial charge is 0.306 e. The summed E-state index contributed by atoms with van der Waals surface area (Å²) < 4.78 is 0. The second-order valence-corrected chi connectivity index (χ2v) is 4.30. The summed E-state index contributed by atoms with van der Waals surface area (Å²) in [4.78, 5) is 5.15.